The fourth-order valence-electron chi connectivity index (χ4n) is 3.73. The zero-order valence-electron chi connectivity index (χ0n) is 25.7. The molecule has 4 unspecified atom stereocenters. The lowest BCUT2D eigenvalue weighted by atomic mass is 10.0. The van der Waals surface area contributed by atoms with Gasteiger partial charge < -0.3 is 19.9 Å². The number of rotatable bonds is 11. The van der Waals surface area contributed by atoms with E-state index in [4.69, 9.17) is 4.74 Å². The van der Waals surface area contributed by atoms with Gasteiger partial charge in [0.2, 0.25) is 5.91 Å². The van der Waals surface area contributed by atoms with Gasteiger partial charge in [-0.25, -0.2) is 4.98 Å². The Morgan fingerprint density at radius 1 is 1.10 bits per heavy atom. The lowest BCUT2D eigenvalue weighted by Gasteiger charge is -2.20. The summed E-state index contributed by atoms with van der Waals surface area (Å²) in [5.41, 5.74) is 3.49. The van der Waals surface area contributed by atoms with E-state index in [9.17, 15) is 9.59 Å². The molecule has 3 aromatic rings. The lowest BCUT2D eigenvalue weighted by molar-refractivity contribution is -0.115. The van der Waals surface area contributed by atoms with Gasteiger partial charge in [-0.05, 0) is 51.7 Å². The quantitative estimate of drug-likeness (QED) is 0.237. The van der Waals surface area contributed by atoms with E-state index in [1.165, 1.54) is 24.2 Å². The van der Waals surface area contributed by atoms with Crippen LogP contribution in [0.25, 0.3) is 11.3 Å². The molecule has 40 heavy (non-hydrogen) atoms. The number of benzene rings is 1. The van der Waals surface area contributed by atoms with Crippen LogP contribution in [0.1, 0.15) is 83.7 Å². The Bertz CT molecular complexity index is 1170. The normalized spacial score (nSPS) is 12.7. The smallest absolute Gasteiger partial charge is 0.253 e. The average Bonchev–Trinajstić information content (AvgIpc) is 3.53. The fraction of sp³-hybridized carbons (Fsp3) is 0.516. The van der Waals surface area contributed by atoms with Gasteiger partial charge >= 0.3 is 0 Å². The first kappa shape index (κ1) is 35.5. The molecule has 4 atom stereocenters. The average molecular weight is 589 g/mol. The van der Waals surface area contributed by atoms with Crippen LogP contribution < -0.4 is 15.3 Å². The molecule has 0 bridgehead atoms. The van der Waals surface area contributed by atoms with Crippen LogP contribution in [0.2, 0.25) is 0 Å². The molecule has 0 saturated heterocycles. The Hall–Kier alpha value is -2.54. The first-order chi connectivity index (χ1) is 19.0. The van der Waals surface area contributed by atoms with E-state index in [0.717, 1.165) is 33.8 Å². The van der Waals surface area contributed by atoms with Gasteiger partial charge in [0.15, 0.2) is 5.13 Å². The molecule has 2 heterocycles. The summed E-state index contributed by atoms with van der Waals surface area (Å²) in [7, 11) is 4.48. The maximum Gasteiger partial charge on any atom is 0.253 e. The fourth-order valence-corrected chi connectivity index (χ4v) is 5.07. The largest absolute Gasteiger partial charge is 0.376 e. The molecule has 0 fully saturated rings. The first-order valence-corrected chi connectivity index (χ1v) is 15.6. The topological polar surface area (TPSA) is 85.2 Å². The Kier molecular flexibility index (Phi) is 16.6. The number of amides is 2. The highest BCUT2D eigenvalue weighted by Crippen LogP contribution is 2.25. The van der Waals surface area contributed by atoms with Gasteiger partial charge in [-0.2, -0.15) is 0 Å². The molecule has 222 valence electrons. The number of hydrogen-bond acceptors (Lipinski definition) is 5. The van der Waals surface area contributed by atoms with Gasteiger partial charge in [0.05, 0.1) is 34.6 Å². The predicted molar refractivity (Wildman–Crippen MR) is 174 cm³/mol. The molecule has 2 N–H and O–H groups in total. The standard InChI is InChI=1S/C18H19N4O2PS.C11H24O.C2H6/c1-11-4-3-5-12(8-11)15-17(25)26-18(21-15)20-14(23)9-19-16(24)13-6-7-22(2)10-13;1-6-9(3)8-11(5)12-10(4)7-2;1-2/h3-8,10H,9,25H2,1-2H3,(H,19,24)(H,20,21,23);9-11H,6-8H2,1-5H3;1-2H3. The zero-order valence-corrected chi connectivity index (χ0v) is 27.7. The van der Waals surface area contributed by atoms with Crippen molar-refractivity contribution >= 4 is 42.1 Å². The minimum absolute atomic E-state index is 0.112. The Morgan fingerprint density at radius 3 is 2.38 bits per heavy atom. The number of carbonyl (C=O) groups excluding carboxylic acids is 2. The molecular formula is C31H49N4O3PS. The van der Waals surface area contributed by atoms with E-state index in [-0.39, 0.29) is 18.4 Å². The third kappa shape index (κ3) is 12.8. The van der Waals surface area contributed by atoms with Crippen molar-refractivity contribution < 1.29 is 14.3 Å². The van der Waals surface area contributed by atoms with Crippen molar-refractivity contribution in [1.82, 2.24) is 14.9 Å². The van der Waals surface area contributed by atoms with Crippen LogP contribution in [0, 0.1) is 12.8 Å². The van der Waals surface area contributed by atoms with Gasteiger partial charge in [0.25, 0.3) is 5.91 Å². The van der Waals surface area contributed by atoms with Crippen molar-refractivity contribution in [2.45, 2.75) is 86.9 Å². The Balaban J connectivity index is 0.000000484. The van der Waals surface area contributed by atoms with Crippen molar-refractivity contribution in [3.05, 3.63) is 53.9 Å². The SMILES string of the molecule is CC.CCC(C)CC(C)OC(C)CC.Cc1cccc(-c2nc(NC(=O)CNC(=O)c3ccn(C)c3)sc2P)c1. The minimum Gasteiger partial charge on any atom is -0.376 e. The van der Waals surface area contributed by atoms with Crippen LogP contribution in [0.3, 0.4) is 0 Å². The third-order valence-corrected chi connectivity index (χ3v) is 7.59. The summed E-state index contributed by atoms with van der Waals surface area (Å²) < 4.78 is 8.49. The molecule has 3 rings (SSSR count). The number of aromatic nitrogens is 2. The monoisotopic (exact) mass is 588 g/mol. The summed E-state index contributed by atoms with van der Waals surface area (Å²) in [5.74, 6) is 0.194. The summed E-state index contributed by atoms with van der Waals surface area (Å²) in [6.45, 7) is 16.9. The van der Waals surface area contributed by atoms with Gasteiger partial charge in [0.1, 0.15) is 0 Å². The summed E-state index contributed by atoms with van der Waals surface area (Å²) in [5, 5.41) is 5.84. The number of thiazole rings is 1. The van der Waals surface area contributed by atoms with Crippen molar-refractivity contribution in [1.29, 1.82) is 0 Å². The Morgan fingerprint density at radius 2 is 1.80 bits per heavy atom. The van der Waals surface area contributed by atoms with Crippen molar-refractivity contribution in [3.63, 3.8) is 0 Å². The van der Waals surface area contributed by atoms with Gasteiger partial charge in [-0.3, -0.25) is 9.59 Å². The van der Waals surface area contributed by atoms with E-state index in [1.54, 1.807) is 23.0 Å². The third-order valence-electron chi connectivity index (χ3n) is 6.17. The molecule has 7 nitrogen and oxygen atoms in total. The number of nitrogens with zero attached hydrogens (tertiary/aromatic N) is 2. The van der Waals surface area contributed by atoms with Crippen LogP contribution in [-0.4, -0.2) is 40.1 Å². The van der Waals surface area contributed by atoms with Gasteiger partial charge in [0, 0.05) is 25.0 Å². The van der Waals surface area contributed by atoms with Crippen LogP contribution in [0.5, 0.6) is 0 Å². The maximum atomic E-state index is 12.1. The van der Waals surface area contributed by atoms with Crippen molar-refractivity contribution in [3.8, 4) is 11.3 Å². The second kappa shape index (κ2) is 18.7. The molecule has 2 amide bonds. The molecule has 0 radical (unpaired) electrons. The Labute approximate surface area is 247 Å². The number of aryl methyl sites for hydroxylation is 2. The molecule has 0 aliphatic carbocycles. The van der Waals surface area contributed by atoms with E-state index >= 15 is 0 Å². The number of ether oxygens (including phenoxy) is 1. The summed E-state index contributed by atoms with van der Waals surface area (Å²) >= 11 is 1.38. The second-order valence-electron chi connectivity index (χ2n) is 9.81. The molecule has 2 aromatic heterocycles. The van der Waals surface area contributed by atoms with E-state index in [0.29, 0.717) is 22.9 Å². The number of anilines is 1. The molecule has 0 saturated carbocycles. The van der Waals surface area contributed by atoms with Crippen molar-refractivity contribution in [2.24, 2.45) is 13.0 Å². The minimum atomic E-state index is -0.316. The van der Waals surface area contributed by atoms with Crippen LogP contribution >= 0.6 is 20.6 Å². The maximum absolute atomic E-state index is 12.1. The molecule has 0 aliphatic heterocycles. The summed E-state index contributed by atoms with van der Waals surface area (Å²) in [6, 6.07) is 9.74. The number of nitrogens with one attached hydrogen (secondary N) is 2. The first-order valence-electron chi connectivity index (χ1n) is 14.2. The molecule has 0 aliphatic rings. The van der Waals surface area contributed by atoms with E-state index in [1.807, 2.05) is 52.1 Å². The predicted octanol–water partition coefficient (Wildman–Crippen LogP) is 6.98. The van der Waals surface area contributed by atoms with Crippen molar-refractivity contribution in [2.75, 3.05) is 11.9 Å². The molecular weight excluding hydrogens is 539 g/mol. The molecule has 0 spiro atoms. The van der Waals surface area contributed by atoms with Gasteiger partial charge in [-0.1, -0.05) is 85.4 Å². The van der Waals surface area contributed by atoms with Gasteiger partial charge in [-0.15, -0.1) is 0 Å². The lowest BCUT2D eigenvalue weighted by Crippen LogP contribution is -2.32. The second-order valence-corrected chi connectivity index (χ2v) is 11.8. The molecule has 1 aromatic carbocycles. The zero-order chi connectivity index (χ0) is 30.2. The highest BCUT2D eigenvalue weighted by Gasteiger charge is 2.14. The summed E-state index contributed by atoms with van der Waals surface area (Å²) in [4.78, 5) is 28.6. The van der Waals surface area contributed by atoms with E-state index < -0.39 is 0 Å². The van der Waals surface area contributed by atoms with Crippen LogP contribution in [0.15, 0.2) is 42.7 Å². The number of hydrogen-bond donors (Lipinski definition) is 2. The highest BCUT2D eigenvalue weighted by atomic mass is 32.1. The summed E-state index contributed by atoms with van der Waals surface area (Å²) in [6.07, 6.45) is 7.89. The molecule has 9 heteroatoms. The van der Waals surface area contributed by atoms with Crippen LogP contribution in [0.4, 0.5) is 5.13 Å². The number of carbonyl (C=O) groups is 2. The van der Waals surface area contributed by atoms with Crippen LogP contribution in [-0.2, 0) is 16.6 Å². The highest BCUT2D eigenvalue weighted by molar-refractivity contribution is 7.45. The van der Waals surface area contributed by atoms with E-state index in [2.05, 4.69) is 59.5 Å².